The summed E-state index contributed by atoms with van der Waals surface area (Å²) in [5.41, 5.74) is 0.887. The van der Waals surface area contributed by atoms with Gasteiger partial charge < -0.3 is 10.1 Å². The number of rotatable bonds is 5. The molecular formula is C13H18N2O2. The first-order valence-corrected chi connectivity index (χ1v) is 6.13. The van der Waals surface area contributed by atoms with E-state index in [2.05, 4.69) is 10.3 Å². The number of nitrogens with one attached hydrogen (secondary N) is 1. The van der Waals surface area contributed by atoms with Gasteiger partial charge in [-0.2, -0.15) is 0 Å². The highest BCUT2D eigenvalue weighted by atomic mass is 16.5. The van der Waals surface area contributed by atoms with Crippen molar-refractivity contribution in [2.75, 3.05) is 6.61 Å². The Morgan fingerprint density at radius 3 is 3.18 bits per heavy atom. The fourth-order valence-electron chi connectivity index (χ4n) is 1.94. The summed E-state index contributed by atoms with van der Waals surface area (Å²) in [6.45, 7) is 1.35. The molecule has 0 aromatic carbocycles. The summed E-state index contributed by atoms with van der Waals surface area (Å²) in [4.78, 5) is 15.7. The molecule has 2 rings (SSSR count). The van der Waals surface area contributed by atoms with Gasteiger partial charge in [0.25, 0.3) is 0 Å². The summed E-state index contributed by atoms with van der Waals surface area (Å²) in [5.74, 6) is 0.0751. The van der Waals surface area contributed by atoms with Crippen molar-refractivity contribution in [1.82, 2.24) is 10.3 Å². The van der Waals surface area contributed by atoms with Gasteiger partial charge in [-0.1, -0.05) is 6.07 Å². The minimum absolute atomic E-state index is 0.0751. The smallest absolute Gasteiger partial charge is 0.220 e. The monoisotopic (exact) mass is 234 g/mol. The van der Waals surface area contributed by atoms with Crippen LogP contribution in [0.15, 0.2) is 24.4 Å². The Labute approximate surface area is 101 Å². The van der Waals surface area contributed by atoms with Gasteiger partial charge in [0.05, 0.1) is 18.3 Å². The molecule has 4 nitrogen and oxygen atoms in total. The quantitative estimate of drug-likeness (QED) is 0.843. The zero-order valence-electron chi connectivity index (χ0n) is 9.89. The third kappa shape index (κ3) is 4.15. The lowest BCUT2D eigenvalue weighted by Crippen LogP contribution is -2.24. The van der Waals surface area contributed by atoms with Crippen LogP contribution in [0.3, 0.4) is 0 Å². The maximum atomic E-state index is 11.6. The van der Waals surface area contributed by atoms with Crippen LogP contribution in [0.4, 0.5) is 0 Å². The second kappa shape index (κ2) is 6.35. The molecule has 2 heterocycles. The van der Waals surface area contributed by atoms with Gasteiger partial charge in [-0.15, -0.1) is 0 Å². The van der Waals surface area contributed by atoms with E-state index in [1.165, 1.54) is 0 Å². The standard InChI is InChI=1S/C13H18N2O2/c16-13(7-6-12-5-3-9-17-12)15-10-11-4-1-2-8-14-11/h1-2,4,8,12H,3,5-7,9-10H2,(H,15,16)/t12-/m1/s1. The molecule has 92 valence electrons. The lowest BCUT2D eigenvalue weighted by atomic mass is 10.1. The molecule has 1 N–H and O–H groups in total. The predicted molar refractivity (Wildman–Crippen MR) is 64.3 cm³/mol. The van der Waals surface area contributed by atoms with Gasteiger partial charge in [0.1, 0.15) is 0 Å². The molecule has 0 radical (unpaired) electrons. The topological polar surface area (TPSA) is 51.2 Å². The van der Waals surface area contributed by atoms with E-state index in [9.17, 15) is 4.79 Å². The summed E-state index contributed by atoms with van der Waals surface area (Å²) < 4.78 is 5.47. The van der Waals surface area contributed by atoms with Crippen LogP contribution >= 0.6 is 0 Å². The Kier molecular flexibility index (Phi) is 4.50. The molecule has 1 aromatic rings. The van der Waals surface area contributed by atoms with E-state index in [0.29, 0.717) is 13.0 Å². The van der Waals surface area contributed by atoms with Crippen molar-refractivity contribution in [2.24, 2.45) is 0 Å². The molecule has 1 fully saturated rings. The van der Waals surface area contributed by atoms with Crippen LogP contribution in [0.25, 0.3) is 0 Å². The summed E-state index contributed by atoms with van der Waals surface area (Å²) in [6, 6.07) is 5.68. The van der Waals surface area contributed by atoms with Gasteiger partial charge in [0.15, 0.2) is 0 Å². The second-order valence-corrected chi connectivity index (χ2v) is 4.27. The fraction of sp³-hybridized carbons (Fsp3) is 0.538. The number of carbonyl (C=O) groups excluding carboxylic acids is 1. The van der Waals surface area contributed by atoms with E-state index >= 15 is 0 Å². The second-order valence-electron chi connectivity index (χ2n) is 4.27. The Morgan fingerprint density at radius 1 is 1.53 bits per heavy atom. The van der Waals surface area contributed by atoms with E-state index < -0.39 is 0 Å². The first kappa shape index (κ1) is 12.0. The molecule has 0 bridgehead atoms. The molecule has 0 saturated carbocycles. The Balaban J connectivity index is 1.64. The molecule has 1 atom stereocenters. The van der Waals surface area contributed by atoms with Gasteiger partial charge in [-0.3, -0.25) is 9.78 Å². The van der Waals surface area contributed by atoms with Crippen LogP contribution in [0.1, 0.15) is 31.4 Å². The van der Waals surface area contributed by atoms with Crippen LogP contribution in [-0.2, 0) is 16.1 Å². The highest BCUT2D eigenvalue weighted by Gasteiger charge is 2.16. The fourth-order valence-corrected chi connectivity index (χ4v) is 1.94. The molecule has 0 spiro atoms. The number of nitrogens with zero attached hydrogens (tertiary/aromatic N) is 1. The predicted octanol–water partition coefficient (Wildman–Crippen LogP) is 1.66. The number of ether oxygens (including phenoxy) is 1. The number of hydrogen-bond acceptors (Lipinski definition) is 3. The lowest BCUT2D eigenvalue weighted by molar-refractivity contribution is -0.121. The average molecular weight is 234 g/mol. The summed E-state index contributed by atoms with van der Waals surface area (Å²) in [7, 11) is 0. The molecular weight excluding hydrogens is 216 g/mol. The van der Waals surface area contributed by atoms with Crippen LogP contribution in [0.5, 0.6) is 0 Å². The zero-order valence-corrected chi connectivity index (χ0v) is 9.89. The molecule has 0 unspecified atom stereocenters. The summed E-state index contributed by atoms with van der Waals surface area (Å²) in [6.07, 6.45) is 5.60. The number of amides is 1. The van der Waals surface area contributed by atoms with E-state index in [-0.39, 0.29) is 12.0 Å². The van der Waals surface area contributed by atoms with Crippen LogP contribution in [0, 0.1) is 0 Å². The maximum absolute atomic E-state index is 11.6. The highest BCUT2D eigenvalue weighted by molar-refractivity contribution is 5.75. The number of hydrogen-bond donors (Lipinski definition) is 1. The Morgan fingerprint density at radius 2 is 2.47 bits per heavy atom. The molecule has 1 aliphatic heterocycles. The van der Waals surface area contributed by atoms with E-state index in [4.69, 9.17) is 4.74 Å². The van der Waals surface area contributed by atoms with E-state index in [1.807, 2.05) is 18.2 Å². The lowest BCUT2D eigenvalue weighted by Gasteiger charge is -2.09. The van der Waals surface area contributed by atoms with Gasteiger partial charge in [-0.25, -0.2) is 0 Å². The van der Waals surface area contributed by atoms with Crippen molar-refractivity contribution in [1.29, 1.82) is 0 Å². The zero-order chi connectivity index (χ0) is 11.9. The van der Waals surface area contributed by atoms with Gasteiger partial charge >= 0.3 is 0 Å². The summed E-state index contributed by atoms with van der Waals surface area (Å²) in [5, 5.41) is 2.87. The molecule has 4 heteroatoms. The number of aromatic nitrogens is 1. The van der Waals surface area contributed by atoms with Crippen LogP contribution < -0.4 is 5.32 Å². The molecule has 17 heavy (non-hydrogen) atoms. The molecule has 1 saturated heterocycles. The molecule has 1 amide bonds. The minimum Gasteiger partial charge on any atom is -0.378 e. The van der Waals surface area contributed by atoms with Crippen molar-refractivity contribution in [3.63, 3.8) is 0 Å². The SMILES string of the molecule is O=C(CC[C@H]1CCCO1)NCc1ccccn1. The van der Waals surface area contributed by atoms with Crippen molar-refractivity contribution in [3.8, 4) is 0 Å². The molecule has 0 aliphatic carbocycles. The summed E-state index contributed by atoms with van der Waals surface area (Å²) >= 11 is 0. The Hall–Kier alpha value is -1.42. The average Bonchev–Trinajstić information content (AvgIpc) is 2.88. The third-order valence-corrected chi connectivity index (χ3v) is 2.91. The van der Waals surface area contributed by atoms with Crippen LogP contribution in [-0.4, -0.2) is 23.6 Å². The van der Waals surface area contributed by atoms with Crippen molar-refractivity contribution >= 4 is 5.91 Å². The molecule has 1 aliphatic rings. The number of carbonyl (C=O) groups is 1. The highest BCUT2D eigenvalue weighted by Crippen LogP contribution is 2.16. The number of pyridine rings is 1. The third-order valence-electron chi connectivity index (χ3n) is 2.91. The van der Waals surface area contributed by atoms with Gasteiger partial charge in [0, 0.05) is 19.2 Å². The largest absolute Gasteiger partial charge is 0.378 e. The van der Waals surface area contributed by atoms with Gasteiger partial charge in [-0.05, 0) is 31.4 Å². The van der Waals surface area contributed by atoms with Crippen LogP contribution in [0.2, 0.25) is 0 Å². The van der Waals surface area contributed by atoms with Gasteiger partial charge in [0.2, 0.25) is 5.91 Å². The minimum atomic E-state index is 0.0751. The van der Waals surface area contributed by atoms with E-state index in [1.54, 1.807) is 6.20 Å². The van der Waals surface area contributed by atoms with Crippen molar-refractivity contribution in [2.45, 2.75) is 38.3 Å². The van der Waals surface area contributed by atoms with E-state index in [0.717, 1.165) is 31.6 Å². The van der Waals surface area contributed by atoms with Crippen molar-refractivity contribution < 1.29 is 9.53 Å². The first-order valence-electron chi connectivity index (χ1n) is 6.13. The molecule has 1 aromatic heterocycles. The first-order chi connectivity index (χ1) is 8.34. The normalized spacial score (nSPS) is 19.2. The van der Waals surface area contributed by atoms with Crippen molar-refractivity contribution in [3.05, 3.63) is 30.1 Å². The maximum Gasteiger partial charge on any atom is 0.220 e. The Bertz CT molecular complexity index is 348.